The SMILES string of the molecule is C=CCN(C1CCN(c2ccncc2)CC1)N1CCN(S(=O)(=O)c2ccc3cc(Cl)ccc3c2)CC1=O. The van der Waals surface area contributed by atoms with Crippen LogP contribution in [0.4, 0.5) is 5.69 Å². The maximum absolute atomic E-state index is 13.4. The molecule has 0 unspecified atom stereocenters. The molecule has 0 N–H and O–H groups in total. The summed E-state index contributed by atoms with van der Waals surface area (Å²) in [6, 6.07) is 14.5. The Kier molecular flexibility index (Phi) is 7.48. The maximum atomic E-state index is 13.4. The predicted octanol–water partition coefficient (Wildman–Crippen LogP) is 3.79. The number of amides is 1. The number of hydrogen-bond acceptors (Lipinski definition) is 6. The van der Waals surface area contributed by atoms with E-state index < -0.39 is 10.0 Å². The lowest BCUT2D eigenvalue weighted by atomic mass is 10.0. The van der Waals surface area contributed by atoms with Crippen LogP contribution in [0.5, 0.6) is 0 Å². The Bertz CT molecular complexity index is 1390. The first kappa shape index (κ1) is 25.7. The van der Waals surface area contributed by atoms with E-state index in [1.807, 2.05) is 12.1 Å². The third-order valence-electron chi connectivity index (χ3n) is 7.11. The first-order valence-electron chi connectivity index (χ1n) is 12.4. The Balaban J connectivity index is 1.27. The number of hydrazine groups is 1. The molecule has 2 fully saturated rings. The molecule has 3 aromatic rings. The highest BCUT2D eigenvalue weighted by Gasteiger charge is 2.37. The number of carbonyl (C=O) groups excluding carboxylic acids is 1. The molecule has 8 nitrogen and oxygen atoms in total. The van der Waals surface area contributed by atoms with Crippen LogP contribution in [0.25, 0.3) is 10.8 Å². The highest BCUT2D eigenvalue weighted by molar-refractivity contribution is 7.89. The van der Waals surface area contributed by atoms with Crippen molar-refractivity contribution < 1.29 is 13.2 Å². The van der Waals surface area contributed by atoms with Crippen LogP contribution in [0.2, 0.25) is 5.02 Å². The van der Waals surface area contributed by atoms with Crippen LogP contribution in [0.1, 0.15) is 12.8 Å². The molecule has 2 saturated heterocycles. The van der Waals surface area contributed by atoms with Gasteiger partial charge in [-0.25, -0.2) is 13.4 Å². The van der Waals surface area contributed by atoms with E-state index in [0.717, 1.165) is 42.4 Å². The summed E-state index contributed by atoms with van der Waals surface area (Å²) in [5.41, 5.74) is 1.15. The van der Waals surface area contributed by atoms with Gasteiger partial charge in [0.1, 0.15) is 0 Å². The second-order valence-corrected chi connectivity index (χ2v) is 11.7. The summed E-state index contributed by atoms with van der Waals surface area (Å²) in [6.45, 7) is 6.52. The van der Waals surface area contributed by atoms with Crippen molar-refractivity contribution in [3.63, 3.8) is 0 Å². The van der Waals surface area contributed by atoms with Gasteiger partial charge in [-0.3, -0.25) is 14.8 Å². The molecule has 1 aromatic heterocycles. The number of aromatic nitrogens is 1. The van der Waals surface area contributed by atoms with E-state index in [0.29, 0.717) is 18.1 Å². The van der Waals surface area contributed by atoms with Gasteiger partial charge in [0.2, 0.25) is 10.0 Å². The molecule has 5 rings (SSSR count). The Morgan fingerprint density at radius 2 is 1.70 bits per heavy atom. The number of benzene rings is 2. The monoisotopic (exact) mass is 539 g/mol. The van der Waals surface area contributed by atoms with Gasteiger partial charge < -0.3 is 4.90 Å². The van der Waals surface area contributed by atoms with E-state index in [1.54, 1.807) is 59.9 Å². The molecule has 3 heterocycles. The second kappa shape index (κ2) is 10.8. The van der Waals surface area contributed by atoms with E-state index >= 15 is 0 Å². The summed E-state index contributed by atoms with van der Waals surface area (Å²) in [4.78, 5) is 19.9. The van der Waals surface area contributed by atoms with Crippen LogP contribution in [0.15, 0.2) is 78.5 Å². The number of sulfonamides is 1. The highest BCUT2D eigenvalue weighted by Crippen LogP contribution is 2.27. The minimum atomic E-state index is -3.82. The largest absolute Gasteiger partial charge is 0.371 e. The third-order valence-corrected chi connectivity index (χ3v) is 9.19. The molecule has 0 radical (unpaired) electrons. The summed E-state index contributed by atoms with van der Waals surface area (Å²) < 4.78 is 28.1. The number of piperidine rings is 1. The fourth-order valence-corrected chi connectivity index (χ4v) is 6.77. The molecular formula is C27H30ClN5O3S. The number of hydrogen-bond donors (Lipinski definition) is 0. The standard InChI is InChI=1S/C27H30ClN5O3S/c1-2-13-32(25-9-14-30(15-10-25)24-7-11-29-12-8-24)33-17-16-31(20-27(33)34)37(35,36)26-6-4-21-18-23(28)5-3-22(21)19-26/h2-8,11-12,18-19,25H,1,9-10,13-17,20H2. The van der Waals surface area contributed by atoms with Gasteiger partial charge in [0.15, 0.2) is 0 Å². The van der Waals surface area contributed by atoms with Crippen LogP contribution in [-0.4, -0.2) is 78.9 Å². The van der Waals surface area contributed by atoms with Gasteiger partial charge in [-0.05, 0) is 60.0 Å². The molecule has 0 bridgehead atoms. The fraction of sp³-hybridized carbons (Fsp3) is 0.333. The minimum absolute atomic E-state index is 0.176. The van der Waals surface area contributed by atoms with E-state index in [9.17, 15) is 13.2 Å². The Labute approximate surface area is 222 Å². The lowest BCUT2D eigenvalue weighted by molar-refractivity contribution is -0.158. The van der Waals surface area contributed by atoms with Gasteiger partial charge in [-0.15, -0.1) is 6.58 Å². The van der Waals surface area contributed by atoms with Crippen molar-refractivity contribution >= 4 is 44.0 Å². The maximum Gasteiger partial charge on any atom is 0.252 e. The topological polar surface area (TPSA) is 77.1 Å². The van der Waals surface area contributed by atoms with Crippen molar-refractivity contribution in [3.8, 4) is 0 Å². The van der Waals surface area contributed by atoms with Crippen LogP contribution in [-0.2, 0) is 14.8 Å². The molecule has 2 aromatic carbocycles. The number of rotatable bonds is 7. The van der Waals surface area contributed by atoms with Crippen LogP contribution in [0.3, 0.4) is 0 Å². The number of nitrogens with zero attached hydrogens (tertiary/aromatic N) is 5. The number of piperazine rings is 1. The first-order chi connectivity index (χ1) is 17.9. The molecule has 0 aliphatic carbocycles. The number of anilines is 1. The van der Waals surface area contributed by atoms with Crippen molar-refractivity contribution in [1.29, 1.82) is 0 Å². The third kappa shape index (κ3) is 5.36. The summed E-state index contributed by atoms with van der Waals surface area (Å²) in [5.74, 6) is -0.221. The van der Waals surface area contributed by atoms with E-state index in [4.69, 9.17) is 11.6 Å². The number of pyridine rings is 1. The lowest BCUT2D eigenvalue weighted by Gasteiger charge is -2.46. The summed E-state index contributed by atoms with van der Waals surface area (Å²) in [6.07, 6.45) is 7.18. The normalized spacial score (nSPS) is 18.1. The summed E-state index contributed by atoms with van der Waals surface area (Å²) in [7, 11) is -3.82. The van der Waals surface area contributed by atoms with Crippen molar-refractivity contribution in [2.24, 2.45) is 0 Å². The smallest absolute Gasteiger partial charge is 0.252 e. The minimum Gasteiger partial charge on any atom is -0.371 e. The number of halogens is 1. The molecule has 0 saturated carbocycles. The van der Waals surface area contributed by atoms with Crippen LogP contribution < -0.4 is 4.90 Å². The zero-order chi connectivity index (χ0) is 26.0. The Hall–Kier alpha value is -2.98. The Morgan fingerprint density at radius 1 is 1.00 bits per heavy atom. The molecule has 37 heavy (non-hydrogen) atoms. The van der Waals surface area contributed by atoms with Gasteiger partial charge in [-0.1, -0.05) is 29.8 Å². The van der Waals surface area contributed by atoms with E-state index in [2.05, 4.69) is 21.5 Å². The van der Waals surface area contributed by atoms with Gasteiger partial charge in [0.05, 0.1) is 18.0 Å². The van der Waals surface area contributed by atoms with Gasteiger partial charge in [0, 0.05) is 55.3 Å². The quantitative estimate of drug-likeness (QED) is 0.425. The van der Waals surface area contributed by atoms with Gasteiger partial charge in [0.25, 0.3) is 5.91 Å². The van der Waals surface area contributed by atoms with Crippen molar-refractivity contribution in [2.45, 2.75) is 23.8 Å². The molecule has 1 amide bonds. The van der Waals surface area contributed by atoms with Crippen molar-refractivity contribution in [1.82, 2.24) is 19.3 Å². The summed E-state index contributed by atoms with van der Waals surface area (Å²) >= 11 is 6.06. The van der Waals surface area contributed by atoms with Gasteiger partial charge >= 0.3 is 0 Å². The molecule has 2 aliphatic rings. The van der Waals surface area contributed by atoms with Crippen molar-refractivity contribution in [2.75, 3.05) is 44.2 Å². The zero-order valence-electron chi connectivity index (χ0n) is 20.5. The molecule has 2 aliphatic heterocycles. The predicted molar refractivity (Wildman–Crippen MR) is 146 cm³/mol. The second-order valence-electron chi connectivity index (χ2n) is 9.34. The van der Waals surface area contributed by atoms with Crippen LogP contribution in [0, 0.1) is 0 Å². The van der Waals surface area contributed by atoms with Gasteiger partial charge in [-0.2, -0.15) is 4.31 Å². The lowest BCUT2D eigenvalue weighted by Crippen LogP contribution is -2.61. The van der Waals surface area contributed by atoms with E-state index in [1.165, 1.54) is 4.31 Å². The molecule has 10 heteroatoms. The van der Waals surface area contributed by atoms with E-state index in [-0.39, 0.29) is 29.9 Å². The molecular weight excluding hydrogens is 510 g/mol. The van der Waals surface area contributed by atoms with Crippen molar-refractivity contribution in [3.05, 3.63) is 78.6 Å². The average molecular weight is 540 g/mol. The number of fused-ring (bicyclic) bond motifs is 1. The highest BCUT2D eigenvalue weighted by atomic mass is 35.5. The molecule has 0 atom stereocenters. The molecule has 0 spiro atoms. The zero-order valence-corrected chi connectivity index (χ0v) is 22.1. The average Bonchev–Trinajstić information content (AvgIpc) is 2.92. The summed E-state index contributed by atoms with van der Waals surface area (Å²) in [5, 5.41) is 6.04. The fourth-order valence-electron chi connectivity index (χ4n) is 5.18. The first-order valence-corrected chi connectivity index (χ1v) is 14.2. The number of carbonyl (C=O) groups is 1. The Morgan fingerprint density at radius 3 is 2.41 bits per heavy atom. The van der Waals surface area contributed by atoms with Crippen LogP contribution >= 0.6 is 11.6 Å². The molecule has 194 valence electrons.